The van der Waals surface area contributed by atoms with Crippen LogP contribution in [0, 0.1) is 29.1 Å². The molecule has 1 heteroatoms. The minimum absolute atomic E-state index is 0.628. The van der Waals surface area contributed by atoms with Gasteiger partial charge >= 0.3 is 0 Å². The Hall–Kier alpha value is -0.820. The lowest BCUT2D eigenvalue weighted by Crippen LogP contribution is -2.37. The number of benzene rings is 1. The monoisotopic (exact) mass is 283 g/mol. The Bertz CT molecular complexity index is 482. The van der Waals surface area contributed by atoms with Gasteiger partial charge in [-0.25, -0.2) is 0 Å². The zero-order valence-corrected chi connectivity index (χ0v) is 13.5. The van der Waals surface area contributed by atoms with Crippen LogP contribution in [-0.4, -0.2) is 13.1 Å². The largest absolute Gasteiger partial charge is 0.316 e. The Morgan fingerprint density at radius 1 is 1.10 bits per heavy atom. The van der Waals surface area contributed by atoms with Gasteiger partial charge in [-0.05, 0) is 72.8 Å². The van der Waals surface area contributed by atoms with Crippen LogP contribution in [0.3, 0.4) is 0 Å². The van der Waals surface area contributed by atoms with Crippen LogP contribution in [0.2, 0.25) is 0 Å². The summed E-state index contributed by atoms with van der Waals surface area (Å²) in [6.45, 7) is 7.08. The minimum Gasteiger partial charge on any atom is -0.316 e. The van der Waals surface area contributed by atoms with E-state index in [-0.39, 0.29) is 0 Å². The van der Waals surface area contributed by atoms with E-state index in [0.29, 0.717) is 5.41 Å². The van der Waals surface area contributed by atoms with Gasteiger partial charge in [-0.2, -0.15) is 0 Å². The lowest BCUT2D eigenvalue weighted by Gasteiger charge is -2.33. The third kappa shape index (κ3) is 2.65. The van der Waals surface area contributed by atoms with Crippen LogP contribution in [-0.2, 0) is 0 Å². The molecule has 0 radical (unpaired) electrons. The molecular weight excluding hydrogens is 254 g/mol. The first-order valence-corrected chi connectivity index (χ1v) is 8.93. The number of hydrogen-bond donors (Lipinski definition) is 1. The van der Waals surface area contributed by atoms with Crippen molar-refractivity contribution in [3.05, 3.63) is 35.9 Å². The van der Waals surface area contributed by atoms with Crippen molar-refractivity contribution >= 4 is 0 Å². The van der Waals surface area contributed by atoms with Gasteiger partial charge in [0, 0.05) is 6.54 Å². The highest BCUT2D eigenvalue weighted by molar-refractivity contribution is 5.28. The summed E-state index contributed by atoms with van der Waals surface area (Å²) >= 11 is 0. The van der Waals surface area contributed by atoms with Gasteiger partial charge in [-0.1, -0.05) is 44.2 Å². The molecule has 1 nitrogen and oxygen atoms in total. The molecule has 1 aromatic rings. The maximum atomic E-state index is 3.80. The first-order chi connectivity index (χ1) is 10.2. The van der Waals surface area contributed by atoms with Crippen LogP contribution >= 0.6 is 0 Å². The zero-order chi connectivity index (χ0) is 14.4. The second kappa shape index (κ2) is 5.12. The Kier molecular flexibility index (Phi) is 3.37. The van der Waals surface area contributed by atoms with Crippen molar-refractivity contribution in [2.24, 2.45) is 29.1 Å². The normalized spacial score (nSPS) is 40.3. The van der Waals surface area contributed by atoms with Gasteiger partial charge in [0.25, 0.3) is 0 Å². The predicted octanol–water partition coefficient (Wildman–Crippen LogP) is 4.45. The van der Waals surface area contributed by atoms with E-state index in [0.717, 1.165) is 29.6 Å². The summed E-state index contributed by atoms with van der Waals surface area (Å²) in [6, 6.07) is 11.2. The molecule has 1 N–H and O–H groups in total. The molecule has 114 valence electrons. The van der Waals surface area contributed by atoms with E-state index in [1.807, 2.05) is 0 Å². The summed E-state index contributed by atoms with van der Waals surface area (Å²) in [5.74, 6) is 4.74. The van der Waals surface area contributed by atoms with Gasteiger partial charge in [0.1, 0.15) is 0 Å². The van der Waals surface area contributed by atoms with Crippen LogP contribution in [0.4, 0.5) is 0 Å². The van der Waals surface area contributed by atoms with Gasteiger partial charge < -0.3 is 5.32 Å². The molecule has 0 aliphatic heterocycles. The van der Waals surface area contributed by atoms with Crippen molar-refractivity contribution in [1.29, 1.82) is 0 Å². The average molecular weight is 283 g/mol. The predicted molar refractivity (Wildman–Crippen MR) is 88.3 cm³/mol. The Morgan fingerprint density at radius 2 is 1.81 bits per heavy atom. The molecule has 0 saturated heterocycles. The second-order valence-electron chi connectivity index (χ2n) is 8.41. The summed E-state index contributed by atoms with van der Waals surface area (Å²) in [4.78, 5) is 0. The molecule has 21 heavy (non-hydrogen) atoms. The number of hydrogen-bond acceptors (Lipinski definition) is 1. The van der Waals surface area contributed by atoms with Gasteiger partial charge in [-0.3, -0.25) is 0 Å². The standard InChI is InChI=1S/C20H29N/c1-14(2)12-21-13-20(10-16-8-17(16)11-20)19-9-18(19)15-6-4-3-5-7-15/h3-7,14,16-19,21H,8-13H2,1-2H3. The molecule has 0 bridgehead atoms. The third-order valence-corrected chi connectivity index (χ3v) is 6.24. The Morgan fingerprint density at radius 3 is 2.48 bits per heavy atom. The van der Waals surface area contributed by atoms with Crippen molar-refractivity contribution < 1.29 is 0 Å². The van der Waals surface area contributed by atoms with E-state index in [1.54, 1.807) is 5.56 Å². The first-order valence-electron chi connectivity index (χ1n) is 8.93. The van der Waals surface area contributed by atoms with Crippen LogP contribution < -0.4 is 5.32 Å². The molecular formula is C20H29N. The van der Waals surface area contributed by atoms with Gasteiger partial charge in [0.05, 0.1) is 0 Å². The van der Waals surface area contributed by atoms with Crippen molar-refractivity contribution in [2.75, 3.05) is 13.1 Å². The molecule has 3 fully saturated rings. The van der Waals surface area contributed by atoms with E-state index in [4.69, 9.17) is 0 Å². The van der Waals surface area contributed by atoms with Crippen molar-refractivity contribution in [1.82, 2.24) is 5.32 Å². The van der Waals surface area contributed by atoms with E-state index < -0.39 is 0 Å². The topological polar surface area (TPSA) is 12.0 Å². The van der Waals surface area contributed by atoms with Crippen molar-refractivity contribution in [3.63, 3.8) is 0 Å². The zero-order valence-electron chi connectivity index (χ0n) is 13.5. The van der Waals surface area contributed by atoms with Crippen molar-refractivity contribution in [3.8, 4) is 0 Å². The number of rotatable bonds is 6. The fraction of sp³-hybridized carbons (Fsp3) is 0.700. The highest BCUT2D eigenvalue weighted by Crippen LogP contribution is 2.69. The molecule has 1 aromatic carbocycles. The summed E-state index contributed by atoms with van der Waals surface area (Å²) in [6.07, 6.45) is 6.00. The van der Waals surface area contributed by atoms with Gasteiger partial charge in [0.2, 0.25) is 0 Å². The molecule has 0 amide bonds. The fourth-order valence-electron chi connectivity index (χ4n) is 5.07. The molecule has 0 heterocycles. The highest BCUT2D eigenvalue weighted by Gasteiger charge is 2.61. The number of fused-ring (bicyclic) bond motifs is 1. The minimum atomic E-state index is 0.628. The lowest BCUT2D eigenvalue weighted by atomic mass is 9.76. The lowest BCUT2D eigenvalue weighted by molar-refractivity contribution is 0.203. The highest BCUT2D eigenvalue weighted by atomic mass is 14.9. The fourth-order valence-corrected chi connectivity index (χ4v) is 5.07. The average Bonchev–Trinajstić information content (AvgIpc) is 3.38. The second-order valence-corrected chi connectivity index (χ2v) is 8.41. The van der Waals surface area contributed by atoms with Gasteiger partial charge in [0.15, 0.2) is 0 Å². The molecule has 4 unspecified atom stereocenters. The summed E-state index contributed by atoms with van der Waals surface area (Å²) in [5.41, 5.74) is 2.22. The molecule has 3 aliphatic rings. The van der Waals surface area contributed by atoms with E-state index in [1.165, 1.54) is 38.8 Å². The molecule has 4 atom stereocenters. The first kappa shape index (κ1) is 13.8. The van der Waals surface area contributed by atoms with E-state index >= 15 is 0 Å². The molecule has 3 saturated carbocycles. The summed E-state index contributed by atoms with van der Waals surface area (Å²) in [5, 5.41) is 3.80. The Balaban J connectivity index is 1.44. The smallest absolute Gasteiger partial charge is 0.00110 e. The third-order valence-electron chi connectivity index (χ3n) is 6.24. The van der Waals surface area contributed by atoms with Crippen LogP contribution in [0.5, 0.6) is 0 Å². The quantitative estimate of drug-likeness (QED) is 0.813. The van der Waals surface area contributed by atoms with Crippen LogP contribution in [0.25, 0.3) is 0 Å². The van der Waals surface area contributed by atoms with Crippen LogP contribution in [0.15, 0.2) is 30.3 Å². The number of nitrogens with one attached hydrogen (secondary N) is 1. The molecule has 4 rings (SSSR count). The van der Waals surface area contributed by atoms with Crippen molar-refractivity contribution in [2.45, 2.75) is 45.4 Å². The summed E-state index contributed by atoms with van der Waals surface area (Å²) in [7, 11) is 0. The molecule has 3 aliphatic carbocycles. The van der Waals surface area contributed by atoms with E-state index in [9.17, 15) is 0 Å². The SMILES string of the molecule is CC(C)CNCC1(C2CC2c2ccccc2)CC2CC2C1. The maximum absolute atomic E-state index is 3.80. The summed E-state index contributed by atoms with van der Waals surface area (Å²) < 4.78 is 0. The Labute approximate surface area is 129 Å². The van der Waals surface area contributed by atoms with Crippen LogP contribution in [0.1, 0.15) is 51.0 Å². The maximum Gasteiger partial charge on any atom is 0.00110 e. The molecule has 0 spiro atoms. The van der Waals surface area contributed by atoms with Gasteiger partial charge in [-0.15, -0.1) is 0 Å². The van der Waals surface area contributed by atoms with E-state index in [2.05, 4.69) is 49.5 Å². The molecule has 0 aromatic heterocycles.